The molecular weight excluding hydrogens is 574 g/mol. The highest BCUT2D eigenvalue weighted by Crippen LogP contribution is 2.29. The fraction of sp³-hybridized carbons (Fsp3) is 0.795. The number of allylic oxidation sites excluding steroid dienone is 8. The SMILES string of the molecule is CCCCC/C=C\C/C=C\CCCCCCCCC(C)(CCCCCCCC/C=C\C/C=C\CCCCC)OC(=O)C1CCN(C)C1. The molecule has 0 spiro atoms. The van der Waals surface area contributed by atoms with E-state index in [4.69, 9.17) is 4.74 Å². The van der Waals surface area contributed by atoms with E-state index >= 15 is 0 Å². The highest BCUT2D eigenvalue weighted by molar-refractivity contribution is 5.73. The van der Waals surface area contributed by atoms with E-state index in [1.807, 2.05) is 0 Å². The Balaban J connectivity index is 2.21. The first-order chi connectivity index (χ1) is 23.0. The smallest absolute Gasteiger partial charge is 0.310 e. The molecule has 3 heteroatoms. The summed E-state index contributed by atoms with van der Waals surface area (Å²) >= 11 is 0. The zero-order valence-corrected chi connectivity index (χ0v) is 32.0. The maximum absolute atomic E-state index is 13.1. The lowest BCUT2D eigenvalue weighted by atomic mass is 9.90. The van der Waals surface area contributed by atoms with Gasteiger partial charge in [0.15, 0.2) is 0 Å². The van der Waals surface area contributed by atoms with E-state index < -0.39 is 0 Å². The van der Waals surface area contributed by atoms with E-state index in [2.05, 4.69) is 81.3 Å². The first kappa shape index (κ1) is 43.4. The fourth-order valence-corrected chi connectivity index (χ4v) is 6.65. The Bertz CT molecular complexity index is 777. The average molecular weight is 654 g/mol. The molecule has 3 nitrogen and oxygen atoms in total. The van der Waals surface area contributed by atoms with Crippen LogP contribution in [0.15, 0.2) is 48.6 Å². The molecule has 0 saturated carbocycles. The number of rotatable bonds is 32. The first-order valence-electron chi connectivity index (χ1n) is 20.5. The quantitative estimate of drug-likeness (QED) is 0.0411. The highest BCUT2D eigenvalue weighted by Gasteiger charge is 2.34. The number of esters is 1. The lowest BCUT2D eigenvalue weighted by Gasteiger charge is -2.31. The molecular formula is C44H79NO2. The number of carbonyl (C=O) groups is 1. The van der Waals surface area contributed by atoms with Crippen molar-refractivity contribution in [1.29, 1.82) is 0 Å². The second kappa shape index (κ2) is 31.6. The highest BCUT2D eigenvalue weighted by atomic mass is 16.6. The van der Waals surface area contributed by atoms with Gasteiger partial charge in [-0.15, -0.1) is 0 Å². The molecule has 1 fully saturated rings. The van der Waals surface area contributed by atoms with Crippen molar-refractivity contribution in [1.82, 2.24) is 4.90 Å². The summed E-state index contributed by atoms with van der Waals surface area (Å²) in [5, 5.41) is 0. The average Bonchev–Trinajstić information content (AvgIpc) is 3.51. The minimum Gasteiger partial charge on any atom is -0.459 e. The summed E-state index contributed by atoms with van der Waals surface area (Å²) in [6.45, 7) is 8.61. The molecule has 47 heavy (non-hydrogen) atoms. The van der Waals surface area contributed by atoms with Crippen molar-refractivity contribution in [3.8, 4) is 0 Å². The van der Waals surface area contributed by atoms with Gasteiger partial charge >= 0.3 is 5.97 Å². The van der Waals surface area contributed by atoms with Crippen LogP contribution in [0.4, 0.5) is 0 Å². The maximum Gasteiger partial charge on any atom is 0.310 e. The predicted octanol–water partition coefficient (Wildman–Crippen LogP) is 13.6. The lowest BCUT2D eigenvalue weighted by Crippen LogP contribution is -2.35. The van der Waals surface area contributed by atoms with Crippen molar-refractivity contribution in [2.45, 2.75) is 200 Å². The van der Waals surface area contributed by atoms with Gasteiger partial charge in [-0.3, -0.25) is 4.79 Å². The Morgan fingerprint density at radius 2 is 0.979 bits per heavy atom. The van der Waals surface area contributed by atoms with Crippen molar-refractivity contribution in [3.05, 3.63) is 48.6 Å². The van der Waals surface area contributed by atoms with Crippen molar-refractivity contribution in [2.75, 3.05) is 20.1 Å². The topological polar surface area (TPSA) is 29.5 Å². The van der Waals surface area contributed by atoms with Crippen molar-refractivity contribution in [2.24, 2.45) is 5.92 Å². The third-order valence-electron chi connectivity index (χ3n) is 9.88. The minimum absolute atomic E-state index is 0.0527. The van der Waals surface area contributed by atoms with Gasteiger partial charge in [-0.25, -0.2) is 0 Å². The maximum atomic E-state index is 13.1. The predicted molar refractivity (Wildman–Crippen MR) is 208 cm³/mol. The summed E-state index contributed by atoms with van der Waals surface area (Å²) in [4.78, 5) is 15.3. The molecule has 0 aromatic heterocycles. The second-order valence-electron chi connectivity index (χ2n) is 14.8. The van der Waals surface area contributed by atoms with Crippen molar-refractivity contribution < 1.29 is 9.53 Å². The standard InChI is InChI=1S/C44H79NO2/c1-5-7-9-11-13-15-17-19-21-23-25-27-29-31-33-35-38-44(3,47-43(46)42-37-40-45(4)41-42)39-36-34-32-30-28-26-24-22-20-18-16-14-12-10-8-6-2/h13-16,19-22,42H,5-12,17-18,23-41H2,1-4H3/b15-13-,16-14-,21-19-,22-20-. The summed E-state index contributed by atoms with van der Waals surface area (Å²) in [7, 11) is 2.11. The van der Waals surface area contributed by atoms with Crippen LogP contribution in [0.1, 0.15) is 194 Å². The molecule has 272 valence electrons. The third kappa shape index (κ3) is 27.0. The molecule has 0 bridgehead atoms. The van der Waals surface area contributed by atoms with E-state index in [0.717, 1.165) is 45.2 Å². The Morgan fingerprint density at radius 3 is 1.36 bits per heavy atom. The van der Waals surface area contributed by atoms with Gasteiger partial charge < -0.3 is 9.64 Å². The second-order valence-corrected chi connectivity index (χ2v) is 14.8. The molecule has 1 saturated heterocycles. The number of hydrogen-bond donors (Lipinski definition) is 0. The van der Waals surface area contributed by atoms with Gasteiger partial charge in [-0.2, -0.15) is 0 Å². The van der Waals surface area contributed by atoms with Crippen molar-refractivity contribution in [3.63, 3.8) is 0 Å². The number of unbranched alkanes of at least 4 members (excludes halogenated alkanes) is 18. The normalized spacial score (nSPS) is 16.2. The zero-order valence-electron chi connectivity index (χ0n) is 32.0. The Hall–Kier alpha value is -1.61. The van der Waals surface area contributed by atoms with Gasteiger partial charge in [-0.05, 0) is 117 Å². The molecule has 0 aliphatic carbocycles. The van der Waals surface area contributed by atoms with Crippen LogP contribution in [0.25, 0.3) is 0 Å². The summed E-state index contributed by atoms with van der Waals surface area (Å²) in [5.74, 6) is 0.114. The number of ether oxygens (including phenoxy) is 1. The summed E-state index contributed by atoms with van der Waals surface area (Å²) < 4.78 is 6.33. The molecule has 1 rings (SSSR count). The molecule has 1 aliphatic heterocycles. The van der Waals surface area contributed by atoms with E-state index in [0.29, 0.717) is 0 Å². The molecule has 1 atom stereocenters. The number of nitrogens with zero attached hydrogens (tertiary/aromatic N) is 1. The van der Waals surface area contributed by atoms with Gasteiger partial charge in [-0.1, -0.05) is 140 Å². The molecule has 0 N–H and O–H groups in total. The number of likely N-dealkylation sites (tertiary alicyclic amines) is 1. The van der Waals surface area contributed by atoms with E-state index in [-0.39, 0.29) is 17.5 Å². The Labute approximate surface area is 294 Å². The third-order valence-corrected chi connectivity index (χ3v) is 9.88. The molecule has 0 radical (unpaired) electrons. The monoisotopic (exact) mass is 654 g/mol. The van der Waals surface area contributed by atoms with Gasteiger partial charge in [0.2, 0.25) is 0 Å². The van der Waals surface area contributed by atoms with Crippen LogP contribution in [0.3, 0.4) is 0 Å². The largest absolute Gasteiger partial charge is 0.459 e. The van der Waals surface area contributed by atoms with Gasteiger partial charge in [0.1, 0.15) is 5.60 Å². The van der Waals surface area contributed by atoms with E-state index in [1.165, 1.54) is 141 Å². The first-order valence-corrected chi connectivity index (χ1v) is 20.5. The van der Waals surface area contributed by atoms with Crippen LogP contribution in [0.5, 0.6) is 0 Å². The van der Waals surface area contributed by atoms with E-state index in [1.54, 1.807) is 0 Å². The van der Waals surface area contributed by atoms with E-state index in [9.17, 15) is 4.79 Å². The summed E-state index contributed by atoms with van der Waals surface area (Å²) in [6, 6.07) is 0. The zero-order chi connectivity index (χ0) is 34.1. The van der Waals surface area contributed by atoms with Crippen LogP contribution in [0, 0.1) is 5.92 Å². The van der Waals surface area contributed by atoms with Gasteiger partial charge in [0, 0.05) is 6.54 Å². The molecule has 1 unspecified atom stereocenters. The van der Waals surface area contributed by atoms with Crippen LogP contribution >= 0.6 is 0 Å². The summed E-state index contributed by atoms with van der Waals surface area (Å²) in [6.07, 6.45) is 52.0. The number of hydrogen-bond acceptors (Lipinski definition) is 3. The molecule has 0 aromatic rings. The summed E-state index contributed by atoms with van der Waals surface area (Å²) in [5.41, 5.74) is -0.303. The van der Waals surface area contributed by atoms with Crippen LogP contribution in [-0.4, -0.2) is 36.6 Å². The molecule has 1 heterocycles. The molecule has 1 aliphatic rings. The lowest BCUT2D eigenvalue weighted by molar-refractivity contribution is -0.164. The van der Waals surface area contributed by atoms with Crippen molar-refractivity contribution >= 4 is 5.97 Å². The van der Waals surface area contributed by atoms with Crippen LogP contribution in [-0.2, 0) is 9.53 Å². The Morgan fingerprint density at radius 1 is 0.596 bits per heavy atom. The molecule has 0 aromatic carbocycles. The number of carbonyl (C=O) groups excluding carboxylic acids is 1. The Kier molecular flexibility index (Phi) is 29.2. The molecule has 0 amide bonds. The van der Waals surface area contributed by atoms with Gasteiger partial charge in [0.05, 0.1) is 5.92 Å². The minimum atomic E-state index is -0.303. The van der Waals surface area contributed by atoms with Crippen LogP contribution < -0.4 is 0 Å². The van der Waals surface area contributed by atoms with Gasteiger partial charge in [0.25, 0.3) is 0 Å². The van der Waals surface area contributed by atoms with Crippen LogP contribution in [0.2, 0.25) is 0 Å². The fourth-order valence-electron chi connectivity index (χ4n) is 6.65.